The molecular weight excluding hydrogens is 344 g/mol. The molecule has 2 saturated heterocycles. The fourth-order valence-corrected chi connectivity index (χ4v) is 6.17. The Balaban J connectivity index is 1.71. The summed E-state index contributed by atoms with van der Waals surface area (Å²) in [7, 11) is 0. The van der Waals surface area contributed by atoms with Crippen LogP contribution in [0.3, 0.4) is 0 Å². The van der Waals surface area contributed by atoms with Crippen LogP contribution in [0, 0.1) is 23.2 Å². The molecule has 0 N–H and O–H groups in total. The van der Waals surface area contributed by atoms with Crippen molar-refractivity contribution < 1.29 is 23.8 Å². The van der Waals surface area contributed by atoms with E-state index in [0.717, 1.165) is 19.3 Å². The van der Waals surface area contributed by atoms with Crippen LogP contribution in [0.2, 0.25) is 0 Å². The van der Waals surface area contributed by atoms with Crippen LogP contribution in [0.15, 0.2) is 0 Å². The van der Waals surface area contributed by atoms with Gasteiger partial charge in [0, 0.05) is 31.6 Å². The molecule has 0 aromatic rings. The minimum absolute atomic E-state index is 0.00115. The molecule has 27 heavy (non-hydrogen) atoms. The Morgan fingerprint density at radius 2 is 1.78 bits per heavy atom. The average molecular weight is 379 g/mol. The van der Waals surface area contributed by atoms with Gasteiger partial charge in [0.05, 0.1) is 23.4 Å². The second-order valence-corrected chi connectivity index (χ2v) is 10.5. The van der Waals surface area contributed by atoms with E-state index in [1.165, 1.54) is 6.92 Å². The lowest BCUT2D eigenvalue weighted by molar-refractivity contribution is -0.165. The minimum atomic E-state index is -0.291. The number of carbonyl (C=O) groups is 2. The van der Waals surface area contributed by atoms with Gasteiger partial charge in [0.25, 0.3) is 0 Å². The van der Waals surface area contributed by atoms with Gasteiger partial charge in [0.1, 0.15) is 11.9 Å². The summed E-state index contributed by atoms with van der Waals surface area (Å²) in [6.07, 6.45) is 4.25. The SMILES string of the molecule is CC(=O)O[C@@H]1C[C@]2(C)O[C@H]2CC[C@]2(C)O[C@H]2C[C@@H]2CC(=O)C(C)[C@@H]1C2(C)C. The lowest BCUT2D eigenvalue weighted by Crippen LogP contribution is -2.52. The van der Waals surface area contributed by atoms with Gasteiger partial charge in [-0.1, -0.05) is 20.8 Å². The van der Waals surface area contributed by atoms with Gasteiger partial charge >= 0.3 is 5.97 Å². The molecule has 1 unspecified atom stereocenters. The van der Waals surface area contributed by atoms with Gasteiger partial charge in [-0.3, -0.25) is 9.59 Å². The fraction of sp³-hybridized carbons (Fsp3) is 0.909. The molecule has 2 saturated carbocycles. The molecule has 4 rings (SSSR count). The Labute approximate surface area is 162 Å². The number of rotatable bonds is 1. The van der Waals surface area contributed by atoms with Gasteiger partial charge in [-0.2, -0.15) is 0 Å². The number of ketones is 1. The summed E-state index contributed by atoms with van der Waals surface area (Å²) in [4.78, 5) is 24.8. The van der Waals surface area contributed by atoms with Crippen LogP contribution in [0.1, 0.15) is 73.6 Å². The van der Waals surface area contributed by atoms with Crippen molar-refractivity contribution in [2.45, 2.75) is 103 Å². The Morgan fingerprint density at radius 1 is 1.11 bits per heavy atom. The van der Waals surface area contributed by atoms with E-state index in [1.807, 2.05) is 6.92 Å². The summed E-state index contributed by atoms with van der Waals surface area (Å²) in [6.45, 7) is 12.3. The highest BCUT2D eigenvalue weighted by Gasteiger charge is 2.62. The van der Waals surface area contributed by atoms with Crippen molar-refractivity contribution >= 4 is 11.8 Å². The first-order valence-corrected chi connectivity index (χ1v) is 10.5. The van der Waals surface area contributed by atoms with Crippen LogP contribution in [-0.4, -0.2) is 41.3 Å². The van der Waals surface area contributed by atoms with Crippen LogP contribution < -0.4 is 0 Å². The summed E-state index contributed by atoms with van der Waals surface area (Å²) in [5, 5.41) is 0. The van der Waals surface area contributed by atoms with Crippen molar-refractivity contribution in [3.8, 4) is 0 Å². The first kappa shape index (κ1) is 19.4. The second-order valence-electron chi connectivity index (χ2n) is 10.5. The van der Waals surface area contributed by atoms with E-state index >= 15 is 0 Å². The Morgan fingerprint density at radius 3 is 2.44 bits per heavy atom. The van der Waals surface area contributed by atoms with E-state index in [0.29, 0.717) is 18.6 Å². The normalized spacial score (nSPS) is 51.1. The number of epoxide rings is 2. The third-order valence-corrected chi connectivity index (χ3v) is 8.20. The van der Waals surface area contributed by atoms with Gasteiger partial charge in [-0.05, 0) is 44.4 Å². The smallest absolute Gasteiger partial charge is 0.302 e. The summed E-state index contributed by atoms with van der Waals surface area (Å²) in [5.74, 6) is 0.150. The second kappa shape index (κ2) is 6.03. The van der Waals surface area contributed by atoms with E-state index in [-0.39, 0.29) is 58.7 Å². The van der Waals surface area contributed by atoms with Crippen LogP contribution in [0.5, 0.6) is 0 Å². The molecule has 2 aliphatic heterocycles. The number of hydrogen-bond acceptors (Lipinski definition) is 5. The first-order chi connectivity index (χ1) is 12.5. The van der Waals surface area contributed by atoms with Crippen LogP contribution in [-0.2, 0) is 23.8 Å². The van der Waals surface area contributed by atoms with Crippen LogP contribution >= 0.6 is 0 Å². The lowest BCUT2D eigenvalue weighted by atomic mass is 9.54. The molecule has 0 radical (unpaired) electrons. The molecule has 5 nitrogen and oxygen atoms in total. The summed E-state index contributed by atoms with van der Waals surface area (Å²) < 4.78 is 18.0. The van der Waals surface area contributed by atoms with Crippen LogP contribution in [0.25, 0.3) is 0 Å². The zero-order valence-electron chi connectivity index (χ0n) is 17.5. The van der Waals surface area contributed by atoms with Gasteiger partial charge in [-0.15, -0.1) is 0 Å². The standard InChI is InChI=1S/C22H34O5/c1-12-15(24)9-14-10-18-21(5,27-18)8-7-17-22(6,26-17)11-16(25-13(2)23)19(12)20(14,3)4/h12,14,16-19H,7-11H2,1-6H3/t12?,14-,16+,17-,18-,19-,21-,22-/m0/s1. The first-order valence-electron chi connectivity index (χ1n) is 10.5. The van der Waals surface area contributed by atoms with E-state index in [4.69, 9.17) is 14.2 Å². The molecule has 4 fully saturated rings. The molecule has 0 spiro atoms. The van der Waals surface area contributed by atoms with Crippen LogP contribution in [0.4, 0.5) is 0 Å². The predicted molar refractivity (Wildman–Crippen MR) is 100 cm³/mol. The maximum Gasteiger partial charge on any atom is 0.302 e. The number of fused-ring (bicyclic) bond motifs is 4. The van der Waals surface area contributed by atoms with E-state index in [2.05, 4.69) is 27.7 Å². The number of ether oxygens (including phenoxy) is 3. The highest BCUT2D eigenvalue weighted by molar-refractivity contribution is 5.82. The van der Waals surface area contributed by atoms with Gasteiger partial charge in [0.15, 0.2) is 0 Å². The predicted octanol–water partition coefficient (Wildman–Crippen LogP) is 3.67. The molecule has 8 atom stereocenters. The lowest BCUT2D eigenvalue weighted by Gasteiger charge is -2.50. The molecule has 5 heteroatoms. The quantitative estimate of drug-likeness (QED) is 0.514. The van der Waals surface area contributed by atoms with Crippen molar-refractivity contribution in [1.29, 1.82) is 0 Å². The molecule has 2 aliphatic carbocycles. The number of carbonyl (C=O) groups excluding carboxylic acids is 2. The molecule has 0 aromatic carbocycles. The van der Waals surface area contributed by atoms with Crippen molar-refractivity contribution in [2.75, 3.05) is 0 Å². The monoisotopic (exact) mass is 378 g/mol. The van der Waals surface area contributed by atoms with Crippen molar-refractivity contribution in [2.24, 2.45) is 23.2 Å². The molecule has 0 amide bonds. The highest BCUT2D eigenvalue weighted by atomic mass is 16.6. The van der Waals surface area contributed by atoms with Gasteiger partial charge < -0.3 is 14.2 Å². The number of esters is 1. The Kier molecular flexibility index (Phi) is 4.33. The molecule has 152 valence electrons. The number of hydrogen-bond donors (Lipinski definition) is 0. The Bertz CT molecular complexity index is 657. The number of Topliss-reactive ketones (excluding diaryl/α,β-unsaturated/α-hetero) is 1. The van der Waals surface area contributed by atoms with E-state index in [1.54, 1.807) is 0 Å². The summed E-state index contributed by atoms with van der Waals surface area (Å²) in [6, 6.07) is 0. The van der Waals surface area contributed by atoms with Gasteiger partial charge in [-0.25, -0.2) is 0 Å². The minimum Gasteiger partial charge on any atom is -0.462 e. The molecule has 4 aliphatic rings. The van der Waals surface area contributed by atoms with Crippen molar-refractivity contribution in [3.63, 3.8) is 0 Å². The summed E-state index contributed by atoms with van der Waals surface area (Å²) in [5.41, 5.74) is -0.453. The highest BCUT2D eigenvalue weighted by Crippen LogP contribution is 2.57. The third kappa shape index (κ3) is 3.25. The largest absolute Gasteiger partial charge is 0.462 e. The van der Waals surface area contributed by atoms with Gasteiger partial charge in [0.2, 0.25) is 0 Å². The molecule has 2 bridgehead atoms. The average Bonchev–Trinajstić information content (AvgIpc) is 3.38. The maximum atomic E-state index is 12.9. The van der Waals surface area contributed by atoms with E-state index < -0.39 is 0 Å². The van der Waals surface area contributed by atoms with Crippen molar-refractivity contribution in [3.05, 3.63) is 0 Å². The molecule has 2 heterocycles. The van der Waals surface area contributed by atoms with E-state index in [9.17, 15) is 9.59 Å². The maximum absolute atomic E-state index is 12.9. The molecular formula is C22H34O5. The molecule has 0 aromatic heterocycles. The fourth-order valence-electron chi connectivity index (χ4n) is 6.17. The summed E-state index contributed by atoms with van der Waals surface area (Å²) >= 11 is 0. The Hall–Kier alpha value is -0.940. The zero-order valence-corrected chi connectivity index (χ0v) is 17.5. The van der Waals surface area contributed by atoms with Crippen molar-refractivity contribution in [1.82, 2.24) is 0 Å². The third-order valence-electron chi connectivity index (χ3n) is 8.20. The zero-order chi connectivity index (χ0) is 19.8. The topological polar surface area (TPSA) is 68.4 Å².